The SMILES string of the molecule is CC1CCC(C(F)(F)Oc2ccc(-c3cc(F)c(F)c(F)c3)cc2)CC1. The summed E-state index contributed by atoms with van der Waals surface area (Å²) >= 11 is 0. The Labute approximate surface area is 148 Å². The summed E-state index contributed by atoms with van der Waals surface area (Å²) in [5.41, 5.74) is 0.478. The summed E-state index contributed by atoms with van der Waals surface area (Å²) in [7, 11) is 0. The summed E-state index contributed by atoms with van der Waals surface area (Å²) in [5, 5.41) is 0. The molecule has 0 aliphatic heterocycles. The van der Waals surface area contributed by atoms with E-state index in [4.69, 9.17) is 4.74 Å². The third-order valence-electron chi connectivity index (χ3n) is 4.92. The molecule has 2 aromatic carbocycles. The van der Waals surface area contributed by atoms with Crippen LogP contribution in [-0.2, 0) is 0 Å². The number of ether oxygens (including phenoxy) is 1. The molecule has 0 N–H and O–H groups in total. The summed E-state index contributed by atoms with van der Waals surface area (Å²) in [4.78, 5) is 0. The highest BCUT2D eigenvalue weighted by Gasteiger charge is 2.43. The van der Waals surface area contributed by atoms with Crippen LogP contribution in [0.5, 0.6) is 5.75 Å². The molecule has 3 rings (SSSR count). The van der Waals surface area contributed by atoms with E-state index in [0.29, 0.717) is 24.3 Å². The Hall–Kier alpha value is -2.11. The highest BCUT2D eigenvalue weighted by atomic mass is 19.3. The Morgan fingerprint density at radius 1 is 0.846 bits per heavy atom. The van der Waals surface area contributed by atoms with E-state index in [1.54, 1.807) is 0 Å². The second kappa shape index (κ2) is 7.25. The lowest BCUT2D eigenvalue weighted by Gasteiger charge is -2.32. The summed E-state index contributed by atoms with van der Waals surface area (Å²) in [6.07, 6.45) is -0.926. The van der Waals surface area contributed by atoms with Gasteiger partial charge in [-0.05, 0) is 54.2 Å². The van der Waals surface area contributed by atoms with Crippen molar-refractivity contribution in [2.45, 2.75) is 38.7 Å². The molecule has 26 heavy (non-hydrogen) atoms. The number of hydrogen-bond acceptors (Lipinski definition) is 1. The van der Waals surface area contributed by atoms with Gasteiger partial charge in [-0.25, -0.2) is 13.2 Å². The highest BCUT2D eigenvalue weighted by Crippen LogP contribution is 2.40. The zero-order valence-corrected chi connectivity index (χ0v) is 14.2. The van der Waals surface area contributed by atoms with E-state index in [9.17, 15) is 22.0 Å². The highest BCUT2D eigenvalue weighted by molar-refractivity contribution is 5.64. The van der Waals surface area contributed by atoms with E-state index >= 15 is 0 Å². The topological polar surface area (TPSA) is 9.23 Å². The van der Waals surface area contributed by atoms with Gasteiger partial charge in [-0.1, -0.05) is 31.9 Å². The average molecular weight is 370 g/mol. The van der Waals surface area contributed by atoms with Crippen molar-refractivity contribution in [3.05, 3.63) is 53.8 Å². The molecule has 0 atom stereocenters. The standard InChI is InChI=1S/C20H19F5O/c1-12-2-6-15(7-3-12)20(24,25)26-16-8-4-13(5-9-16)14-10-17(21)19(23)18(22)11-14/h4-5,8-12,15H,2-3,6-7H2,1H3. The van der Waals surface area contributed by atoms with Crippen LogP contribution in [0.15, 0.2) is 36.4 Å². The van der Waals surface area contributed by atoms with E-state index in [1.807, 2.05) is 0 Å². The second-order valence-corrected chi connectivity index (χ2v) is 6.90. The fourth-order valence-electron chi connectivity index (χ4n) is 3.27. The third kappa shape index (κ3) is 4.00. The van der Waals surface area contributed by atoms with Crippen molar-refractivity contribution in [3.63, 3.8) is 0 Å². The summed E-state index contributed by atoms with van der Waals surface area (Å²) in [6, 6.07) is 7.14. The lowest BCUT2D eigenvalue weighted by atomic mass is 9.82. The molecular weight excluding hydrogens is 351 g/mol. The minimum atomic E-state index is -3.27. The molecule has 1 nitrogen and oxygen atoms in total. The van der Waals surface area contributed by atoms with Crippen LogP contribution >= 0.6 is 0 Å². The molecule has 0 unspecified atom stereocenters. The van der Waals surface area contributed by atoms with Crippen molar-refractivity contribution in [2.24, 2.45) is 11.8 Å². The van der Waals surface area contributed by atoms with Gasteiger partial charge in [0.2, 0.25) is 0 Å². The third-order valence-corrected chi connectivity index (χ3v) is 4.92. The molecule has 0 radical (unpaired) electrons. The number of halogens is 5. The Kier molecular flexibility index (Phi) is 5.21. The van der Waals surface area contributed by atoms with Gasteiger partial charge in [0.1, 0.15) is 5.75 Å². The summed E-state index contributed by atoms with van der Waals surface area (Å²) < 4.78 is 73.2. The number of hydrogen-bond donors (Lipinski definition) is 0. The van der Waals surface area contributed by atoms with Crippen molar-refractivity contribution in [1.29, 1.82) is 0 Å². The van der Waals surface area contributed by atoms with Gasteiger partial charge in [0.05, 0.1) is 5.92 Å². The van der Waals surface area contributed by atoms with Crippen molar-refractivity contribution in [1.82, 2.24) is 0 Å². The molecule has 1 aliphatic rings. The van der Waals surface area contributed by atoms with Crippen LogP contribution < -0.4 is 4.74 Å². The first-order valence-electron chi connectivity index (χ1n) is 8.58. The largest absolute Gasteiger partial charge is 0.432 e. The maximum Gasteiger partial charge on any atom is 0.400 e. The average Bonchev–Trinajstić information content (AvgIpc) is 2.60. The van der Waals surface area contributed by atoms with Crippen LogP contribution in [0.2, 0.25) is 0 Å². The predicted molar refractivity (Wildman–Crippen MR) is 88.4 cm³/mol. The fraction of sp³-hybridized carbons (Fsp3) is 0.400. The fourth-order valence-corrected chi connectivity index (χ4v) is 3.27. The quantitative estimate of drug-likeness (QED) is 0.437. The molecular formula is C20H19F5O. The molecule has 0 spiro atoms. The molecule has 0 saturated heterocycles. The Morgan fingerprint density at radius 3 is 1.92 bits per heavy atom. The first kappa shape index (κ1) is 18.7. The van der Waals surface area contributed by atoms with Crippen LogP contribution in [-0.4, -0.2) is 6.11 Å². The van der Waals surface area contributed by atoms with Gasteiger partial charge >= 0.3 is 6.11 Å². The van der Waals surface area contributed by atoms with Crippen LogP contribution in [0.25, 0.3) is 11.1 Å². The van der Waals surface area contributed by atoms with Crippen LogP contribution in [0.4, 0.5) is 22.0 Å². The number of benzene rings is 2. The van der Waals surface area contributed by atoms with Crippen molar-refractivity contribution in [2.75, 3.05) is 0 Å². The lowest BCUT2D eigenvalue weighted by Crippen LogP contribution is -2.36. The van der Waals surface area contributed by atoms with Crippen LogP contribution in [0, 0.1) is 29.3 Å². The van der Waals surface area contributed by atoms with Crippen molar-refractivity contribution < 1.29 is 26.7 Å². The molecule has 2 aromatic rings. The second-order valence-electron chi connectivity index (χ2n) is 6.90. The molecule has 0 aromatic heterocycles. The van der Waals surface area contributed by atoms with E-state index in [1.165, 1.54) is 24.3 Å². The zero-order chi connectivity index (χ0) is 18.9. The van der Waals surface area contributed by atoms with Gasteiger partial charge in [-0.15, -0.1) is 0 Å². The molecule has 0 amide bonds. The van der Waals surface area contributed by atoms with Crippen molar-refractivity contribution >= 4 is 0 Å². The van der Waals surface area contributed by atoms with Crippen molar-refractivity contribution in [3.8, 4) is 16.9 Å². The van der Waals surface area contributed by atoms with E-state index in [2.05, 4.69) is 6.92 Å². The van der Waals surface area contributed by atoms with E-state index in [0.717, 1.165) is 25.0 Å². The molecule has 140 valence electrons. The smallest absolute Gasteiger partial charge is 0.400 e. The summed E-state index contributed by atoms with van der Waals surface area (Å²) in [5.74, 6) is -4.55. The van der Waals surface area contributed by atoms with Gasteiger partial charge < -0.3 is 4.74 Å². The zero-order valence-electron chi connectivity index (χ0n) is 14.2. The van der Waals surface area contributed by atoms with E-state index < -0.39 is 29.5 Å². The lowest BCUT2D eigenvalue weighted by molar-refractivity contribution is -0.223. The molecule has 1 aliphatic carbocycles. The Morgan fingerprint density at radius 2 is 1.38 bits per heavy atom. The maximum absolute atomic E-state index is 14.3. The minimum absolute atomic E-state index is 0.0274. The first-order valence-corrected chi connectivity index (χ1v) is 8.58. The molecule has 1 saturated carbocycles. The van der Waals surface area contributed by atoms with Gasteiger partial charge in [0.15, 0.2) is 17.5 Å². The van der Waals surface area contributed by atoms with Gasteiger partial charge in [-0.2, -0.15) is 8.78 Å². The van der Waals surface area contributed by atoms with Gasteiger partial charge in [0, 0.05) is 0 Å². The predicted octanol–water partition coefficient (Wildman–Crippen LogP) is 6.57. The van der Waals surface area contributed by atoms with Gasteiger partial charge in [0.25, 0.3) is 0 Å². The first-order chi connectivity index (χ1) is 12.3. The number of rotatable bonds is 4. The van der Waals surface area contributed by atoms with Gasteiger partial charge in [-0.3, -0.25) is 0 Å². The molecule has 0 bridgehead atoms. The van der Waals surface area contributed by atoms with E-state index in [-0.39, 0.29) is 11.3 Å². The number of alkyl halides is 2. The molecule has 0 heterocycles. The maximum atomic E-state index is 14.3. The Bertz CT molecular complexity index is 741. The van der Waals surface area contributed by atoms with Crippen LogP contribution in [0.1, 0.15) is 32.6 Å². The minimum Gasteiger partial charge on any atom is -0.432 e. The Balaban J connectivity index is 1.73. The molecule has 1 fully saturated rings. The normalized spacial score (nSPS) is 20.8. The molecule has 6 heteroatoms. The monoisotopic (exact) mass is 370 g/mol. The summed E-state index contributed by atoms with van der Waals surface area (Å²) in [6.45, 7) is 2.05. The van der Waals surface area contributed by atoms with Crippen LogP contribution in [0.3, 0.4) is 0 Å².